The second kappa shape index (κ2) is 6.24. The second-order valence-electron chi connectivity index (χ2n) is 3.49. The molecule has 1 aromatic rings. The van der Waals surface area contributed by atoms with Crippen LogP contribution in [0, 0.1) is 0 Å². The summed E-state index contributed by atoms with van der Waals surface area (Å²) in [6.45, 7) is 0. The molecule has 17 heavy (non-hydrogen) atoms. The smallest absolute Gasteiger partial charge is 0.217 e. The Hall–Kier alpha value is -0.770. The molecule has 1 amide bonds. The minimum atomic E-state index is -0.439. The summed E-state index contributed by atoms with van der Waals surface area (Å²) in [5, 5.41) is 0.798. The predicted octanol–water partition coefficient (Wildman–Crippen LogP) is 3.49. The highest BCUT2D eigenvalue weighted by molar-refractivity contribution is 6.42. The third-order valence-corrected chi connectivity index (χ3v) is 2.93. The van der Waals surface area contributed by atoms with Gasteiger partial charge in [-0.1, -0.05) is 34.8 Å². The first kappa shape index (κ1) is 14.3. The van der Waals surface area contributed by atoms with Gasteiger partial charge < -0.3 is 5.73 Å². The highest BCUT2D eigenvalue weighted by Crippen LogP contribution is 2.30. The maximum absolute atomic E-state index is 11.8. The summed E-state index contributed by atoms with van der Waals surface area (Å²) < 4.78 is 0. The minimum Gasteiger partial charge on any atom is -0.370 e. The van der Waals surface area contributed by atoms with Crippen LogP contribution in [0.5, 0.6) is 0 Å². The molecule has 1 rings (SSSR count). The van der Waals surface area contributed by atoms with Crippen LogP contribution >= 0.6 is 34.8 Å². The summed E-state index contributed by atoms with van der Waals surface area (Å²) in [7, 11) is 0. The van der Waals surface area contributed by atoms with Crippen molar-refractivity contribution in [2.45, 2.75) is 19.3 Å². The Morgan fingerprint density at radius 3 is 2.06 bits per heavy atom. The zero-order valence-corrected chi connectivity index (χ0v) is 11.1. The largest absolute Gasteiger partial charge is 0.370 e. The Morgan fingerprint density at radius 2 is 1.59 bits per heavy atom. The number of carbonyl (C=O) groups is 2. The number of halogens is 3. The number of rotatable bonds is 5. The molecule has 0 saturated heterocycles. The van der Waals surface area contributed by atoms with Crippen molar-refractivity contribution < 1.29 is 9.59 Å². The van der Waals surface area contributed by atoms with Gasteiger partial charge in [-0.05, 0) is 18.6 Å². The molecule has 0 aliphatic heterocycles. The summed E-state index contributed by atoms with van der Waals surface area (Å²) in [5.74, 6) is -0.663. The average molecular weight is 295 g/mol. The molecule has 0 unspecified atom stereocenters. The fourth-order valence-corrected chi connectivity index (χ4v) is 2.38. The first-order valence-corrected chi connectivity index (χ1v) is 6.01. The second-order valence-corrected chi connectivity index (χ2v) is 4.74. The number of amides is 1. The summed E-state index contributed by atoms with van der Waals surface area (Å²) >= 11 is 17.5. The molecule has 0 aliphatic carbocycles. The SMILES string of the molecule is NC(=O)CCCC(=O)c1c(Cl)cc(Cl)cc1Cl. The number of Topliss-reactive ketones (excluding diaryl/α,β-unsaturated/α-hetero) is 1. The molecule has 0 atom stereocenters. The van der Waals surface area contributed by atoms with Crippen LogP contribution in [-0.4, -0.2) is 11.7 Å². The maximum Gasteiger partial charge on any atom is 0.217 e. The molecule has 0 spiro atoms. The Kier molecular flexibility index (Phi) is 5.25. The van der Waals surface area contributed by atoms with Gasteiger partial charge in [0.2, 0.25) is 5.91 Å². The van der Waals surface area contributed by atoms with Gasteiger partial charge >= 0.3 is 0 Å². The van der Waals surface area contributed by atoms with E-state index < -0.39 is 5.91 Å². The normalized spacial score (nSPS) is 10.3. The van der Waals surface area contributed by atoms with E-state index in [4.69, 9.17) is 40.5 Å². The topological polar surface area (TPSA) is 60.2 Å². The van der Waals surface area contributed by atoms with Gasteiger partial charge in [-0.3, -0.25) is 9.59 Å². The average Bonchev–Trinajstić information content (AvgIpc) is 2.14. The molecular formula is C11H10Cl3NO2. The highest BCUT2D eigenvalue weighted by Gasteiger charge is 2.15. The van der Waals surface area contributed by atoms with Gasteiger partial charge in [-0.15, -0.1) is 0 Å². The number of carbonyl (C=O) groups excluding carboxylic acids is 2. The molecule has 0 fully saturated rings. The van der Waals surface area contributed by atoms with Gasteiger partial charge in [0.05, 0.1) is 15.6 Å². The van der Waals surface area contributed by atoms with Gasteiger partial charge in [-0.2, -0.15) is 0 Å². The first-order valence-electron chi connectivity index (χ1n) is 4.88. The molecule has 0 aromatic heterocycles. The molecule has 0 aliphatic rings. The van der Waals surface area contributed by atoms with Crippen molar-refractivity contribution >= 4 is 46.5 Å². The van der Waals surface area contributed by atoms with Gasteiger partial charge in [-0.25, -0.2) is 0 Å². The molecule has 0 radical (unpaired) electrons. The molecule has 2 N–H and O–H groups in total. The van der Waals surface area contributed by atoms with Crippen molar-refractivity contribution in [1.82, 2.24) is 0 Å². The van der Waals surface area contributed by atoms with Crippen LogP contribution in [0.2, 0.25) is 15.1 Å². The van der Waals surface area contributed by atoms with Gasteiger partial charge in [0.15, 0.2) is 5.78 Å². The Balaban J connectivity index is 2.79. The van der Waals surface area contributed by atoms with Crippen LogP contribution in [0.25, 0.3) is 0 Å². The van der Waals surface area contributed by atoms with E-state index in [2.05, 4.69) is 0 Å². The predicted molar refractivity (Wildman–Crippen MR) is 68.8 cm³/mol. The van der Waals surface area contributed by atoms with Gasteiger partial charge in [0.1, 0.15) is 0 Å². The summed E-state index contributed by atoms with van der Waals surface area (Å²) in [6.07, 6.45) is 0.710. The Labute approximate surface area is 114 Å². The van der Waals surface area contributed by atoms with E-state index >= 15 is 0 Å². The Bertz CT molecular complexity index is 437. The molecule has 0 heterocycles. The number of primary amides is 1. The quantitative estimate of drug-likeness (QED) is 0.845. The minimum absolute atomic E-state index is 0.161. The van der Waals surface area contributed by atoms with Crippen molar-refractivity contribution in [1.29, 1.82) is 0 Å². The van der Waals surface area contributed by atoms with E-state index in [1.165, 1.54) is 12.1 Å². The molecule has 3 nitrogen and oxygen atoms in total. The van der Waals surface area contributed by atoms with Gasteiger partial charge in [0, 0.05) is 17.9 Å². The standard InChI is InChI=1S/C11H10Cl3NO2/c12-6-4-7(13)11(8(14)5-6)9(16)2-1-3-10(15)17/h4-5H,1-3H2,(H2,15,17). The van der Waals surface area contributed by atoms with Gasteiger partial charge in [0.25, 0.3) is 0 Å². The third kappa shape index (κ3) is 4.19. The fourth-order valence-electron chi connectivity index (χ4n) is 1.36. The van der Waals surface area contributed by atoms with E-state index in [9.17, 15) is 9.59 Å². The number of ketones is 1. The van der Waals surface area contributed by atoms with Crippen LogP contribution in [-0.2, 0) is 4.79 Å². The zero-order valence-electron chi connectivity index (χ0n) is 8.80. The van der Waals surface area contributed by atoms with E-state index in [0.717, 1.165) is 0 Å². The third-order valence-electron chi connectivity index (χ3n) is 2.11. The van der Waals surface area contributed by atoms with E-state index in [0.29, 0.717) is 11.4 Å². The van der Waals surface area contributed by atoms with E-state index in [-0.39, 0.29) is 34.2 Å². The first-order chi connectivity index (χ1) is 7.91. The zero-order chi connectivity index (χ0) is 13.0. The van der Waals surface area contributed by atoms with E-state index in [1.54, 1.807) is 0 Å². The molecule has 0 bridgehead atoms. The van der Waals surface area contributed by atoms with Crippen molar-refractivity contribution in [2.24, 2.45) is 5.73 Å². The van der Waals surface area contributed by atoms with Crippen LogP contribution < -0.4 is 5.73 Å². The summed E-state index contributed by atoms with van der Waals surface area (Å²) in [5.41, 5.74) is 5.22. The lowest BCUT2D eigenvalue weighted by Crippen LogP contribution is -2.11. The molecule has 1 aromatic carbocycles. The lowest BCUT2D eigenvalue weighted by atomic mass is 10.1. The summed E-state index contributed by atoms with van der Waals surface area (Å²) in [4.78, 5) is 22.4. The van der Waals surface area contributed by atoms with Crippen LogP contribution in [0.15, 0.2) is 12.1 Å². The highest BCUT2D eigenvalue weighted by atomic mass is 35.5. The molecule has 92 valence electrons. The van der Waals surface area contributed by atoms with E-state index in [1.807, 2.05) is 0 Å². The number of benzene rings is 1. The fraction of sp³-hybridized carbons (Fsp3) is 0.273. The number of hydrogen-bond acceptors (Lipinski definition) is 2. The van der Waals surface area contributed by atoms with Crippen LogP contribution in [0.1, 0.15) is 29.6 Å². The number of hydrogen-bond donors (Lipinski definition) is 1. The Morgan fingerprint density at radius 1 is 1.06 bits per heavy atom. The molecule has 0 saturated carbocycles. The van der Waals surface area contributed by atoms with Crippen molar-refractivity contribution in [3.8, 4) is 0 Å². The summed E-state index contributed by atoms with van der Waals surface area (Å²) in [6, 6.07) is 2.91. The lowest BCUT2D eigenvalue weighted by molar-refractivity contribution is -0.118. The maximum atomic E-state index is 11.8. The van der Waals surface area contributed by atoms with Crippen LogP contribution in [0.4, 0.5) is 0 Å². The molecule has 6 heteroatoms. The monoisotopic (exact) mass is 293 g/mol. The van der Waals surface area contributed by atoms with Crippen molar-refractivity contribution in [3.63, 3.8) is 0 Å². The van der Waals surface area contributed by atoms with Crippen molar-refractivity contribution in [2.75, 3.05) is 0 Å². The van der Waals surface area contributed by atoms with Crippen molar-refractivity contribution in [3.05, 3.63) is 32.8 Å². The van der Waals surface area contributed by atoms with Crippen LogP contribution in [0.3, 0.4) is 0 Å². The molecular weight excluding hydrogens is 284 g/mol. The lowest BCUT2D eigenvalue weighted by Gasteiger charge is -2.06. The number of nitrogens with two attached hydrogens (primary N) is 1.